The van der Waals surface area contributed by atoms with Crippen LogP contribution < -0.4 is 0 Å². The van der Waals surface area contributed by atoms with E-state index >= 15 is 0 Å². The van der Waals surface area contributed by atoms with Crippen molar-refractivity contribution in [1.82, 2.24) is 0 Å². The predicted molar refractivity (Wildman–Crippen MR) is 70.9 cm³/mol. The highest BCUT2D eigenvalue weighted by Crippen LogP contribution is 2.35. The molecule has 0 saturated heterocycles. The Morgan fingerprint density at radius 2 is 1.70 bits per heavy atom. The number of hydrogen-bond acceptors (Lipinski definition) is 1. The molecule has 2 rings (SSSR count). The Labute approximate surface area is 119 Å². The zero-order valence-electron chi connectivity index (χ0n) is 10.2. The molecule has 0 aliphatic heterocycles. The van der Waals surface area contributed by atoms with Crippen LogP contribution in [0.5, 0.6) is 0 Å². The second-order valence-corrected chi connectivity index (χ2v) is 4.69. The summed E-state index contributed by atoms with van der Waals surface area (Å²) in [5.74, 6) is -0.377. The Morgan fingerprint density at radius 1 is 1.05 bits per heavy atom. The van der Waals surface area contributed by atoms with Gasteiger partial charge in [0.2, 0.25) is 0 Å². The van der Waals surface area contributed by atoms with E-state index in [9.17, 15) is 18.0 Å². The number of rotatable bonds is 3. The first kappa shape index (κ1) is 14.6. The van der Waals surface area contributed by atoms with Crippen molar-refractivity contribution >= 4 is 17.4 Å². The van der Waals surface area contributed by atoms with Crippen LogP contribution in [0, 0.1) is 0 Å². The largest absolute Gasteiger partial charge is 0.417 e. The summed E-state index contributed by atoms with van der Waals surface area (Å²) in [7, 11) is 0. The van der Waals surface area contributed by atoms with Crippen LogP contribution in [0.4, 0.5) is 13.2 Å². The summed E-state index contributed by atoms with van der Waals surface area (Å²) in [5, 5.41) is -0.409. The van der Waals surface area contributed by atoms with E-state index in [1.807, 2.05) is 0 Å². The summed E-state index contributed by atoms with van der Waals surface area (Å²) in [6.45, 7) is 0. The van der Waals surface area contributed by atoms with Gasteiger partial charge in [0, 0.05) is 12.0 Å². The Bertz CT molecular complexity index is 621. The molecule has 0 bridgehead atoms. The average molecular weight is 299 g/mol. The monoisotopic (exact) mass is 298 g/mol. The molecule has 5 heteroatoms. The molecule has 2 aromatic rings. The van der Waals surface area contributed by atoms with E-state index in [2.05, 4.69) is 0 Å². The van der Waals surface area contributed by atoms with Crippen LogP contribution in [0.3, 0.4) is 0 Å². The number of benzene rings is 2. The number of Topliss-reactive ketones (excluding diaryl/α,β-unsaturated/α-hetero) is 1. The van der Waals surface area contributed by atoms with Gasteiger partial charge in [0.25, 0.3) is 0 Å². The van der Waals surface area contributed by atoms with Gasteiger partial charge < -0.3 is 0 Å². The molecule has 0 saturated carbocycles. The topological polar surface area (TPSA) is 17.1 Å². The van der Waals surface area contributed by atoms with Crippen molar-refractivity contribution in [2.24, 2.45) is 0 Å². The molecule has 20 heavy (non-hydrogen) atoms. The van der Waals surface area contributed by atoms with Gasteiger partial charge in [-0.1, -0.05) is 41.9 Å². The third-order valence-electron chi connectivity index (χ3n) is 2.80. The van der Waals surface area contributed by atoms with E-state index in [0.29, 0.717) is 0 Å². The SMILES string of the molecule is O=C(Cc1ccccc1)c1ccc(Cl)c(C(F)(F)F)c1. The van der Waals surface area contributed by atoms with Gasteiger partial charge in [-0.05, 0) is 23.8 Å². The fraction of sp³-hybridized carbons (Fsp3) is 0.133. The molecule has 0 heterocycles. The number of carbonyl (C=O) groups is 1. The summed E-state index contributed by atoms with van der Waals surface area (Å²) >= 11 is 5.51. The van der Waals surface area contributed by atoms with Crippen LogP contribution in [0.1, 0.15) is 21.5 Å². The first-order valence-electron chi connectivity index (χ1n) is 5.82. The second-order valence-electron chi connectivity index (χ2n) is 4.28. The highest BCUT2D eigenvalue weighted by atomic mass is 35.5. The minimum Gasteiger partial charge on any atom is -0.294 e. The summed E-state index contributed by atoms with van der Waals surface area (Å²) in [6, 6.07) is 12.0. The number of ketones is 1. The molecule has 0 radical (unpaired) electrons. The van der Waals surface area contributed by atoms with E-state index in [4.69, 9.17) is 11.6 Å². The highest BCUT2D eigenvalue weighted by Gasteiger charge is 2.33. The fourth-order valence-electron chi connectivity index (χ4n) is 1.80. The maximum atomic E-state index is 12.7. The molecule has 0 N–H and O–H groups in total. The lowest BCUT2D eigenvalue weighted by Crippen LogP contribution is -2.09. The van der Waals surface area contributed by atoms with Gasteiger partial charge in [0.1, 0.15) is 0 Å². The van der Waals surface area contributed by atoms with Gasteiger partial charge in [-0.2, -0.15) is 13.2 Å². The molecule has 0 aliphatic carbocycles. The highest BCUT2D eigenvalue weighted by molar-refractivity contribution is 6.31. The third kappa shape index (κ3) is 3.39. The normalized spacial score (nSPS) is 11.4. The molecule has 0 fully saturated rings. The van der Waals surface area contributed by atoms with E-state index in [-0.39, 0.29) is 17.8 Å². The van der Waals surface area contributed by atoms with Crippen molar-refractivity contribution in [2.45, 2.75) is 12.6 Å². The van der Waals surface area contributed by atoms with E-state index in [1.165, 1.54) is 6.07 Å². The predicted octanol–water partition coefficient (Wildman–Crippen LogP) is 4.78. The van der Waals surface area contributed by atoms with Crippen LogP contribution in [-0.4, -0.2) is 5.78 Å². The van der Waals surface area contributed by atoms with E-state index in [1.54, 1.807) is 30.3 Å². The number of alkyl halides is 3. The van der Waals surface area contributed by atoms with Gasteiger partial charge in [0.15, 0.2) is 5.78 Å². The Morgan fingerprint density at radius 3 is 2.30 bits per heavy atom. The minimum atomic E-state index is -4.57. The third-order valence-corrected chi connectivity index (χ3v) is 3.13. The maximum Gasteiger partial charge on any atom is 0.417 e. The molecule has 1 nitrogen and oxygen atoms in total. The molecule has 0 amide bonds. The first-order valence-corrected chi connectivity index (χ1v) is 6.19. The van der Waals surface area contributed by atoms with Gasteiger partial charge in [-0.3, -0.25) is 4.79 Å². The molecular formula is C15H10ClF3O. The van der Waals surface area contributed by atoms with Crippen molar-refractivity contribution in [1.29, 1.82) is 0 Å². The van der Waals surface area contributed by atoms with Crippen LogP contribution in [0.2, 0.25) is 5.02 Å². The van der Waals surface area contributed by atoms with Crippen LogP contribution in [-0.2, 0) is 12.6 Å². The van der Waals surface area contributed by atoms with Gasteiger partial charge in [-0.15, -0.1) is 0 Å². The molecule has 104 valence electrons. The Kier molecular flexibility index (Phi) is 4.14. The molecule has 0 atom stereocenters. The van der Waals surface area contributed by atoms with Crippen molar-refractivity contribution in [3.05, 3.63) is 70.2 Å². The Balaban J connectivity index is 2.27. The summed E-state index contributed by atoms with van der Waals surface area (Å²) in [4.78, 5) is 12.0. The van der Waals surface area contributed by atoms with Gasteiger partial charge >= 0.3 is 6.18 Å². The molecule has 0 aromatic heterocycles. The zero-order chi connectivity index (χ0) is 14.8. The van der Waals surface area contributed by atoms with Crippen LogP contribution in [0.25, 0.3) is 0 Å². The number of halogens is 4. The van der Waals surface area contributed by atoms with Crippen molar-refractivity contribution in [3.63, 3.8) is 0 Å². The van der Waals surface area contributed by atoms with Gasteiger partial charge in [0.05, 0.1) is 10.6 Å². The summed E-state index contributed by atoms with van der Waals surface area (Å²) in [5.41, 5.74) is -0.232. The zero-order valence-corrected chi connectivity index (χ0v) is 11.0. The average Bonchev–Trinajstić information content (AvgIpc) is 2.39. The van der Waals surface area contributed by atoms with Crippen molar-refractivity contribution < 1.29 is 18.0 Å². The molecule has 0 unspecified atom stereocenters. The van der Waals surface area contributed by atoms with E-state index < -0.39 is 16.8 Å². The maximum absolute atomic E-state index is 12.7. The number of hydrogen-bond donors (Lipinski definition) is 0. The summed E-state index contributed by atoms with van der Waals surface area (Å²) < 4.78 is 38.2. The molecule has 0 aliphatic rings. The lowest BCUT2D eigenvalue weighted by atomic mass is 10.0. The van der Waals surface area contributed by atoms with E-state index in [0.717, 1.165) is 17.7 Å². The van der Waals surface area contributed by atoms with Crippen molar-refractivity contribution in [2.75, 3.05) is 0 Å². The fourth-order valence-corrected chi connectivity index (χ4v) is 2.02. The lowest BCUT2D eigenvalue weighted by Gasteiger charge is -2.10. The van der Waals surface area contributed by atoms with Crippen LogP contribution >= 0.6 is 11.6 Å². The number of carbonyl (C=O) groups excluding carboxylic acids is 1. The minimum absolute atomic E-state index is 0.00516. The van der Waals surface area contributed by atoms with Crippen molar-refractivity contribution in [3.8, 4) is 0 Å². The summed E-state index contributed by atoms with van der Waals surface area (Å²) in [6.07, 6.45) is -4.51. The quantitative estimate of drug-likeness (QED) is 0.745. The Hall–Kier alpha value is -1.81. The smallest absolute Gasteiger partial charge is 0.294 e. The lowest BCUT2D eigenvalue weighted by molar-refractivity contribution is -0.137. The molecule has 0 spiro atoms. The molecule has 2 aromatic carbocycles. The van der Waals surface area contributed by atoms with Crippen LogP contribution in [0.15, 0.2) is 48.5 Å². The first-order chi connectivity index (χ1) is 9.38. The second kappa shape index (κ2) is 5.67. The van der Waals surface area contributed by atoms with Gasteiger partial charge in [-0.25, -0.2) is 0 Å². The standard InChI is InChI=1S/C15H10ClF3O/c16-13-7-6-11(9-12(13)15(17,18)19)14(20)8-10-4-2-1-3-5-10/h1-7,9H,8H2. The molecular weight excluding hydrogens is 289 g/mol.